The molecule has 0 amide bonds. The first-order valence-corrected chi connectivity index (χ1v) is 8.08. The van der Waals surface area contributed by atoms with Crippen molar-refractivity contribution in [1.82, 2.24) is 0 Å². The Morgan fingerprint density at radius 2 is 2.05 bits per heavy atom. The van der Waals surface area contributed by atoms with Crippen LogP contribution in [0.3, 0.4) is 0 Å². The van der Waals surface area contributed by atoms with E-state index in [1.54, 1.807) is 6.92 Å². The number of rotatable bonds is 6. The van der Waals surface area contributed by atoms with Gasteiger partial charge >= 0.3 is 5.97 Å². The van der Waals surface area contributed by atoms with Crippen LogP contribution in [-0.4, -0.2) is 21.8 Å². The number of ether oxygens (including phenoxy) is 1. The molecule has 0 saturated carbocycles. The van der Waals surface area contributed by atoms with E-state index in [2.05, 4.69) is 12.0 Å². The number of thioether (sulfide) groups is 2. The molecule has 4 nitrogen and oxygen atoms in total. The molecule has 0 aliphatic heterocycles. The molecule has 22 heavy (non-hydrogen) atoms. The normalized spacial score (nSPS) is 12.5. The second kappa shape index (κ2) is 9.19. The van der Waals surface area contributed by atoms with Crippen molar-refractivity contribution in [2.75, 3.05) is 6.61 Å². The van der Waals surface area contributed by atoms with Gasteiger partial charge in [0.05, 0.1) is 6.07 Å². The van der Waals surface area contributed by atoms with Crippen molar-refractivity contribution in [1.29, 1.82) is 5.26 Å². The van der Waals surface area contributed by atoms with Gasteiger partial charge in [-0.2, -0.15) is 5.26 Å². The fourth-order valence-corrected chi connectivity index (χ4v) is 3.56. The Kier molecular flexibility index (Phi) is 7.59. The molecule has 0 bridgehead atoms. The van der Waals surface area contributed by atoms with E-state index >= 15 is 0 Å². The number of nitrogens with zero attached hydrogens (tertiary/aromatic N) is 1. The zero-order valence-electron chi connectivity index (χ0n) is 12.1. The van der Waals surface area contributed by atoms with Crippen LogP contribution in [0.1, 0.15) is 19.8 Å². The lowest BCUT2D eigenvalue weighted by Crippen LogP contribution is -2.21. The molecule has 1 rings (SSSR count). The number of nitriles is 1. The predicted molar refractivity (Wildman–Crippen MR) is 88.3 cm³/mol. The fraction of sp³-hybridized carbons (Fsp3) is 0.312. The van der Waals surface area contributed by atoms with Gasteiger partial charge in [0.1, 0.15) is 4.75 Å². The third-order valence-electron chi connectivity index (χ3n) is 2.61. The van der Waals surface area contributed by atoms with Gasteiger partial charge in [-0.15, -0.1) is 6.42 Å². The Labute approximate surface area is 138 Å². The summed E-state index contributed by atoms with van der Waals surface area (Å²) in [5.74, 6) is 1.73. The molecule has 6 heteroatoms. The lowest BCUT2D eigenvalue weighted by atomic mass is 10.1. The summed E-state index contributed by atoms with van der Waals surface area (Å²) in [5, 5.41) is 9.27. The minimum atomic E-state index is -0.978. The van der Waals surface area contributed by atoms with Crippen molar-refractivity contribution in [3.63, 3.8) is 0 Å². The molecular weight excluding hydrogens is 318 g/mol. The van der Waals surface area contributed by atoms with Gasteiger partial charge in [-0.05, 0) is 37.2 Å². The van der Waals surface area contributed by atoms with Gasteiger partial charge in [0.2, 0.25) is 0 Å². The average Bonchev–Trinajstić information content (AvgIpc) is 2.51. The highest BCUT2D eigenvalue weighted by molar-refractivity contribution is 8.39. The quantitative estimate of drug-likeness (QED) is 0.447. The van der Waals surface area contributed by atoms with Crippen molar-refractivity contribution in [2.24, 2.45) is 0 Å². The highest BCUT2D eigenvalue weighted by Gasteiger charge is 2.29. The topological polar surface area (TPSA) is 67.2 Å². The molecule has 0 spiro atoms. The number of benzene rings is 1. The number of esters is 1. The van der Waals surface area contributed by atoms with Crippen molar-refractivity contribution >= 4 is 33.9 Å². The van der Waals surface area contributed by atoms with Crippen LogP contribution in [-0.2, 0) is 9.53 Å². The van der Waals surface area contributed by atoms with E-state index in [4.69, 9.17) is 11.2 Å². The third kappa shape index (κ3) is 6.71. The minimum absolute atomic E-state index is 0.0437. The standard InChI is InChI=1S/C16H15NO3S2/c1-3-11-20-14(18)9-10-16(2,12-17)22-15(19)21-13-7-5-4-6-8-13/h1,4-8H,9-11H2,2H3. The molecule has 1 atom stereocenters. The predicted octanol–water partition coefficient (Wildman–Crippen LogP) is 3.87. The molecule has 0 aliphatic rings. The van der Waals surface area contributed by atoms with Gasteiger partial charge in [0.15, 0.2) is 6.61 Å². The molecule has 0 heterocycles. The zero-order valence-corrected chi connectivity index (χ0v) is 13.7. The number of carbonyl (C=O) groups is 2. The molecule has 0 radical (unpaired) electrons. The summed E-state index contributed by atoms with van der Waals surface area (Å²) in [5.41, 5.74) is 0. The minimum Gasteiger partial charge on any atom is -0.452 e. The van der Waals surface area contributed by atoms with E-state index in [1.165, 1.54) is 0 Å². The van der Waals surface area contributed by atoms with Gasteiger partial charge in [-0.3, -0.25) is 9.59 Å². The number of carbonyl (C=O) groups excluding carboxylic acids is 2. The van der Waals surface area contributed by atoms with Crippen LogP contribution >= 0.6 is 23.5 Å². The second-order valence-electron chi connectivity index (χ2n) is 4.47. The third-order valence-corrected chi connectivity index (χ3v) is 4.70. The molecule has 1 aromatic carbocycles. The second-order valence-corrected chi connectivity index (χ2v) is 7.26. The summed E-state index contributed by atoms with van der Waals surface area (Å²) in [6, 6.07) is 11.3. The Bertz CT molecular complexity index is 604. The van der Waals surface area contributed by atoms with E-state index in [9.17, 15) is 14.9 Å². The maximum absolute atomic E-state index is 12.0. The first-order chi connectivity index (χ1) is 10.5. The van der Waals surface area contributed by atoms with E-state index in [1.807, 2.05) is 30.3 Å². The maximum atomic E-state index is 12.0. The molecule has 114 valence electrons. The highest BCUT2D eigenvalue weighted by atomic mass is 32.2. The van der Waals surface area contributed by atoms with Gasteiger partial charge in [-0.1, -0.05) is 35.9 Å². The monoisotopic (exact) mass is 333 g/mol. The van der Waals surface area contributed by atoms with Crippen LogP contribution in [0.25, 0.3) is 0 Å². The number of hydrogen-bond acceptors (Lipinski definition) is 6. The summed E-state index contributed by atoms with van der Waals surface area (Å²) in [6.07, 6.45) is 5.26. The average molecular weight is 333 g/mol. The summed E-state index contributed by atoms with van der Waals surface area (Å²) in [7, 11) is 0. The van der Waals surface area contributed by atoms with E-state index in [0.717, 1.165) is 28.4 Å². The van der Waals surface area contributed by atoms with Crippen LogP contribution in [0, 0.1) is 23.7 Å². The fourth-order valence-electron chi connectivity index (χ4n) is 1.45. The zero-order chi connectivity index (χ0) is 16.4. The largest absolute Gasteiger partial charge is 0.452 e. The Morgan fingerprint density at radius 1 is 1.36 bits per heavy atom. The first kappa shape index (κ1) is 18.2. The van der Waals surface area contributed by atoms with Crippen LogP contribution in [0.4, 0.5) is 4.79 Å². The van der Waals surface area contributed by atoms with Gasteiger partial charge < -0.3 is 4.74 Å². The summed E-state index contributed by atoms with van der Waals surface area (Å²) in [4.78, 5) is 24.3. The smallest absolute Gasteiger partial charge is 0.306 e. The SMILES string of the molecule is C#CCOC(=O)CCC(C)(C#N)SC(=O)Sc1ccccc1. The van der Waals surface area contributed by atoms with Crippen molar-refractivity contribution in [2.45, 2.75) is 29.4 Å². The van der Waals surface area contributed by atoms with Crippen molar-refractivity contribution in [3.8, 4) is 18.4 Å². The number of hydrogen-bond donors (Lipinski definition) is 0. The van der Waals surface area contributed by atoms with Crippen molar-refractivity contribution < 1.29 is 14.3 Å². The molecule has 0 fully saturated rings. The highest BCUT2D eigenvalue weighted by Crippen LogP contribution is 2.36. The van der Waals surface area contributed by atoms with Gasteiger partial charge in [0.25, 0.3) is 4.45 Å². The Hall–Kier alpha value is -1.89. The molecule has 0 aliphatic carbocycles. The summed E-state index contributed by atoms with van der Waals surface area (Å²) >= 11 is 1.99. The lowest BCUT2D eigenvalue weighted by molar-refractivity contribution is -0.142. The molecule has 0 N–H and O–H groups in total. The molecule has 1 aromatic rings. The van der Waals surface area contributed by atoms with Crippen molar-refractivity contribution in [3.05, 3.63) is 30.3 Å². The van der Waals surface area contributed by atoms with Crippen LogP contribution in [0.5, 0.6) is 0 Å². The van der Waals surface area contributed by atoms with Crippen LogP contribution in [0.2, 0.25) is 0 Å². The van der Waals surface area contributed by atoms with E-state index in [-0.39, 0.29) is 23.9 Å². The molecule has 1 unspecified atom stereocenters. The van der Waals surface area contributed by atoms with Gasteiger partial charge in [0, 0.05) is 11.3 Å². The summed E-state index contributed by atoms with van der Waals surface area (Å²) in [6.45, 7) is 1.55. The van der Waals surface area contributed by atoms with Gasteiger partial charge in [-0.25, -0.2) is 0 Å². The molecule has 0 saturated heterocycles. The van der Waals surface area contributed by atoms with Crippen LogP contribution in [0.15, 0.2) is 35.2 Å². The summed E-state index contributed by atoms with van der Waals surface area (Å²) < 4.78 is 3.58. The Morgan fingerprint density at radius 3 is 2.64 bits per heavy atom. The Balaban J connectivity index is 2.52. The maximum Gasteiger partial charge on any atom is 0.306 e. The molecule has 0 aromatic heterocycles. The number of terminal acetylenes is 1. The van der Waals surface area contributed by atoms with E-state index in [0.29, 0.717) is 0 Å². The molecular formula is C16H15NO3S2. The lowest BCUT2D eigenvalue weighted by Gasteiger charge is -2.18. The van der Waals surface area contributed by atoms with E-state index < -0.39 is 10.7 Å². The van der Waals surface area contributed by atoms with Crippen LogP contribution < -0.4 is 0 Å². The first-order valence-electron chi connectivity index (χ1n) is 6.45.